The van der Waals surface area contributed by atoms with Gasteiger partial charge >= 0.3 is 0 Å². The monoisotopic (exact) mass is 512 g/mol. The molecule has 1 amide bonds. The number of benzene rings is 2. The van der Waals surface area contributed by atoms with E-state index in [9.17, 15) is 15.2 Å². The Balaban J connectivity index is 2.19. The largest absolute Gasteiger partial charge is 0.506 e. The lowest BCUT2D eigenvalue weighted by atomic mass is 10.1. The summed E-state index contributed by atoms with van der Waals surface area (Å²) in [5.41, 5.74) is 1.16. The number of anilines is 1. The van der Waals surface area contributed by atoms with Gasteiger partial charge in [-0.1, -0.05) is 0 Å². The second-order valence-corrected chi connectivity index (χ2v) is 6.93. The van der Waals surface area contributed by atoms with E-state index in [1.165, 1.54) is 6.08 Å². The fourth-order valence-electron chi connectivity index (χ4n) is 1.98. The van der Waals surface area contributed by atoms with Crippen molar-refractivity contribution in [1.82, 2.24) is 0 Å². The van der Waals surface area contributed by atoms with Gasteiger partial charge in [0.25, 0.3) is 5.91 Å². The maximum absolute atomic E-state index is 12.3. The Kier molecular flexibility index (Phi) is 6.84. The number of nitrogens with zero attached hydrogens (tertiary/aromatic N) is 1. The number of ether oxygens (including phenoxy) is 1. The van der Waals surface area contributed by atoms with Crippen LogP contribution in [-0.2, 0) is 4.79 Å². The first-order valence-electron chi connectivity index (χ1n) is 7.28. The lowest BCUT2D eigenvalue weighted by molar-refractivity contribution is -0.112. The van der Waals surface area contributed by atoms with Crippen LogP contribution in [-0.4, -0.2) is 17.6 Å². The average molecular weight is 513 g/mol. The Morgan fingerprint density at radius 3 is 2.64 bits per heavy atom. The zero-order chi connectivity index (χ0) is 18.4. The number of amides is 1. The number of carbonyl (C=O) groups is 1. The molecule has 25 heavy (non-hydrogen) atoms. The van der Waals surface area contributed by atoms with Gasteiger partial charge in [-0.25, -0.2) is 0 Å². The molecule has 0 radical (unpaired) electrons. The molecular weight excluding hydrogens is 499 g/mol. The van der Waals surface area contributed by atoms with E-state index in [0.29, 0.717) is 31.7 Å². The van der Waals surface area contributed by atoms with Crippen molar-refractivity contribution >= 4 is 56.2 Å². The number of nitriles is 1. The maximum Gasteiger partial charge on any atom is 0.266 e. The van der Waals surface area contributed by atoms with Crippen molar-refractivity contribution < 1.29 is 14.6 Å². The first kappa shape index (κ1) is 19.3. The summed E-state index contributed by atoms with van der Waals surface area (Å²) in [4.78, 5) is 12.3. The minimum atomic E-state index is -0.508. The van der Waals surface area contributed by atoms with Gasteiger partial charge in [-0.2, -0.15) is 5.26 Å². The molecule has 0 heterocycles. The van der Waals surface area contributed by atoms with Crippen LogP contribution in [0, 0.1) is 14.9 Å². The summed E-state index contributed by atoms with van der Waals surface area (Å²) in [6.45, 7) is 2.45. The Morgan fingerprint density at radius 2 is 2.08 bits per heavy atom. The molecule has 2 rings (SSSR count). The molecule has 5 nitrogen and oxygen atoms in total. The number of carbonyl (C=O) groups excluding carboxylic acids is 1. The molecule has 2 aromatic rings. The predicted octanol–water partition coefficient (Wildman–Crippen LogP) is 4.70. The third kappa shape index (κ3) is 5.21. The Hall–Kier alpha value is -2.05. The SMILES string of the molecule is CCOc1ccc(NC(=O)C(C#N)=Cc2cc(Br)c(O)c(I)c2)cc1. The van der Waals surface area contributed by atoms with Crippen molar-refractivity contribution in [2.75, 3.05) is 11.9 Å². The second-order valence-electron chi connectivity index (χ2n) is 4.91. The molecule has 0 fully saturated rings. The summed E-state index contributed by atoms with van der Waals surface area (Å²) in [5, 5.41) is 21.7. The molecule has 0 unspecified atom stereocenters. The van der Waals surface area contributed by atoms with E-state index in [0.717, 1.165) is 0 Å². The number of aromatic hydroxyl groups is 1. The van der Waals surface area contributed by atoms with E-state index in [-0.39, 0.29) is 11.3 Å². The highest BCUT2D eigenvalue weighted by atomic mass is 127. The standard InChI is InChI=1S/C18H14BrIN2O3/c1-2-25-14-5-3-13(4-6-14)22-18(24)12(10-21)7-11-8-15(19)17(23)16(20)9-11/h3-9,23H,2H2,1H3,(H,22,24). The van der Waals surface area contributed by atoms with Crippen LogP contribution in [0.3, 0.4) is 0 Å². The van der Waals surface area contributed by atoms with Crippen molar-refractivity contribution in [1.29, 1.82) is 5.26 Å². The highest BCUT2D eigenvalue weighted by Gasteiger charge is 2.11. The Labute approximate surface area is 167 Å². The van der Waals surface area contributed by atoms with E-state index in [4.69, 9.17) is 4.74 Å². The van der Waals surface area contributed by atoms with Gasteiger partial charge in [0, 0.05) is 5.69 Å². The highest BCUT2D eigenvalue weighted by Crippen LogP contribution is 2.31. The van der Waals surface area contributed by atoms with Crippen molar-refractivity contribution in [2.45, 2.75) is 6.92 Å². The van der Waals surface area contributed by atoms with E-state index in [2.05, 4.69) is 21.2 Å². The molecule has 2 aromatic carbocycles. The third-order valence-electron chi connectivity index (χ3n) is 3.14. The quantitative estimate of drug-likeness (QED) is 0.345. The van der Waals surface area contributed by atoms with E-state index in [1.54, 1.807) is 36.4 Å². The summed E-state index contributed by atoms with van der Waals surface area (Å²) in [6.07, 6.45) is 1.47. The fourth-order valence-corrected chi connectivity index (χ4v) is 3.48. The number of hydrogen-bond donors (Lipinski definition) is 2. The first-order chi connectivity index (χ1) is 11.9. The molecule has 0 atom stereocenters. The third-order valence-corrected chi connectivity index (χ3v) is 4.57. The van der Waals surface area contributed by atoms with Crippen LogP contribution in [0.4, 0.5) is 5.69 Å². The average Bonchev–Trinajstić information content (AvgIpc) is 2.59. The van der Waals surface area contributed by atoms with Crippen LogP contribution in [0.2, 0.25) is 0 Å². The maximum atomic E-state index is 12.3. The highest BCUT2D eigenvalue weighted by molar-refractivity contribution is 14.1. The summed E-state index contributed by atoms with van der Waals surface area (Å²) in [6, 6.07) is 12.1. The molecule has 0 aliphatic rings. The lowest BCUT2D eigenvalue weighted by Crippen LogP contribution is -2.13. The number of halogens is 2. The Morgan fingerprint density at radius 1 is 1.40 bits per heavy atom. The van der Waals surface area contributed by atoms with Crippen LogP contribution < -0.4 is 10.1 Å². The van der Waals surface area contributed by atoms with E-state index in [1.807, 2.05) is 35.6 Å². The molecule has 0 aliphatic carbocycles. The number of nitrogens with one attached hydrogen (secondary N) is 1. The molecule has 0 bridgehead atoms. The van der Waals surface area contributed by atoms with Gasteiger partial charge in [0.2, 0.25) is 0 Å². The molecule has 128 valence electrons. The van der Waals surface area contributed by atoms with Crippen LogP contribution in [0.5, 0.6) is 11.5 Å². The fraction of sp³-hybridized carbons (Fsp3) is 0.111. The number of rotatable bonds is 5. The smallest absolute Gasteiger partial charge is 0.266 e. The molecule has 2 N–H and O–H groups in total. The first-order valence-corrected chi connectivity index (χ1v) is 9.15. The zero-order valence-corrected chi connectivity index (χ0v) is 17.0. The summed E-state index contributed by atoms with van der Waals surface area (Å²) in [7, 11) is 0. The molecule has 0 saturated carbocycles. The summed E-state index contributed by atoms with van der Waals surface area (Å²) >= 11 is 5.22. The summed E-state index contributed by atoms with van der Waals surface area (Å²) in [5.74, 6) is 0.320. The molecule has 0 spiro atoms. The van der Waals surface area contributed by atoms with Gasteiger partial charge in [0.15, 0.2) is 0 Å². The van der Waals surface area contributed by atoms with Gasteiger partial charge in [-0.3, -0.25) is 4.79 Å². The van der Waals surface area contributed by atoms with Gasteiger partial charge in [0.1, 0.15) is 23.1 Å². The topological polar surface area (TPSA) is 82.3 Å². The molecule has 0 aliphatic heterocycles. The van der Waals surface area contributed by atoms with E-state index < -0.39 is 5.91 Å². The van der Waals surface area contributed by atoms with Crippen molar-refractivity contribution in [3.8, 4) is 17.6 Å². The van der Waals surface area contributed by atoms with Crippen LogP contribution in [0.1, 0.15) is 12.5 Å². The zero-order valence-electron chi connectivity index (χ0n) is 13.2. The molecule has 0 aromatic heterocycles. The van der Waals surface area contributed by atoms with Crippen molar-refractivity contribution in [3.05, 3.63) is 55.6 Å². The second kappa shape index (κ2) is 8.87. The van der Waals surface area contributed by atoms with Crippen molar-refractivity contribution in [3.63, 3.8) is 0 Å². The normalized spacial score (nSPS) is 10.9. The van der Waals surface area contributed by atoms with Crippen LogP contribution in [0.25, 0.3) is 6.08 Å². The van der Waals surface area contributed by atoms with Crippen LogP contribution in [0.15, 0.2) is 46.4 Å². The number of phenols is 1. The number of hydrogen-bond acceptors (Lipinski definition) is 4. The Bertz CT molecular complexity index is 835. The molecular formula is C18H14BrIN2O3. The van der Waals surface area contributed by atoms with Gasteiger partial charge in [0.05, 0.1) is 14.6 Å². The molecule has 7 heteroatoms. The lowest BCUT2D eigenvalue weighted by Gasteiger charge is -2.07. The van der Waals surface area contributed by atoms with Crippen LogP contribution >= 0.6 is 38.5 Å². The summed E-state index contributed by atoms with van der Waals surface area (Å²) < 4.78 is 6.45. The number of phenolic OH excluding ortho intramolecular Hbond substituents is 1. The van der Waals surface area contributed by atoms with Crippen molar-refractivity contribution in [2.24, 2.45) is 0 Å². The minimum Gasteiger partial charge on any atom is -0.506 e. The predicted molar refractivity (Wildman–Crippen MR) is 108 cm³/mol. The molecule has 0 saturated heterocycles. The minimum absolute atomic E-state index is 0.0396. The van der Waals surface area contributed by atoms with Gasteiger partial charge in [-0.05, 0) is 93.5 Å². The van der Waals surface area contributed by atoms with Gasteiger partial charge in [-0.15, -0.1) is 0 Å². The van der Waals surface area contributed by atoms with E-state index >= 15 is 0 Å². The van der Waals surface area contributed by atoms with Gasteiger partial charge < -0.3 is 15.2 Å².